The molecule has 0 saturated carbocycles. The van der Waals surface area contributed by atoms with Crippen molar-refractivity contribution in [1.82, 2.24) is 9.97 Å². The number of aliphatic hydroxyl groups excluding tert-OH is 1. The molecule has 1 aromatic carbocycles. The Morgan fingerprint density at radius 2 is 2.00 bits per heavy atom. The highest BCUT2D eigenvalue weighted by atomic mass is 16.3. The quantitative estimate of drug-likeness (QED) is 0.898. The summed E-state index contributed by atoms with van der Waals surface area (Å²) in [6.45, 7) is 5.92. The largest absolute Gasteiger partial charge is 0.389 e. The Morgan fingerprint density at radius 1 is 1.26 bits per heavy atom. The number of aliphatic hydroxyl groups is 1. The van der Waals surface area contributed by atoms with E-state index in [0.29, 0.717) is 0 Å². The second-order valence-electron chi connectivity index (χ2n) is 5.32. The van der Waals surface area contributed by atoms with Crippen LogP contribution in [0.2, 0.25) is 0 Å². The maximum atomic E-state index is 9.85. The molecule has 2 heterocycles. The third-order valence-corrected chi connectivity index (χ3v) is 3.69. The molecule has 0 bridgehead atoms. The summed E-state index contributed by atoms with van der Waals surface area (Å²) in [5.74, 6) is 0.951. The van der Waals surface area contributed by atoms with Gasteiger partial charge in [0.25, 0.3) is 0 Å². The third kappa shape index (κ3) is 2.28. The molecule has 2 aromatic rings. The zero-order chi connectivity index (χ0) is 13.4. The Bertz CT molecular complexity index is 604. The van der Waals surface area contributed by atoms with Crippen LogP contribution in [-0.4, -0.2) is 28.2 Å². The SMILES string of the molecule is Cc1cc(C(C)O)c2ncc(N3CCCC3)nc2c1. The summed E-state index contributed by atoms with van der Waals surface area (Å²) in [6, 6.07) is 4.02. The summed E-state index contributed by atoms with van der Waals surface area (Å²) in [7, 11) is 0. The molecule has 1 aliphatic heterocycles. The second kappa shape index (κ2) is 4.78. The lowest BCUT2D eigenvalue weighted by Gasteiger charge is -2.17. The fourth-order valence-electron chi connectivity index (χ4n) is 2.70. The van der Waals surface area contributed by atoms with Crippen molar-refractivity contribution in [1.29, 1.82) is 0 Å². The summed E-state index contributed by atoms with van der Waals surface area (Å²) in [6.07, 6.45) is 3.77. The molecule has 1 aliphatic rings. The van der Waals surface area contributed by atoms with Crippen LogP contribution in [-0.2, 0) is 0 Å². The van der Waals surface area contributed by atoms with Gasteiger partial charge in [-0.25, -0.2) is 4.98 Å². The fraction of sp³-hybridized carbons (Fsp3) is 0.467. The number of benzene rings is 1. The molecule has 1 fully saturated rings. The van der Waals surface area contributed by atoms with Gasteiger partial charge in [-0.1, -0.05) is 6.07 Å². The Hall–Kier alpha value is -1.68. The molecule has 1 N–H and O–H groups in total. The first-order valence-corrected chi connectivity index (χ1v) is 6.85. The van der Waals surface area contributed by atoms with Gasteiger partial charge in [-0.3, -0.25) is 4.98 Å². The van der Waals surface area contributed by atoms with Crippen molar-refractivity contribution in [3.63, 3.8) is 0 Å². The molecule has 1 atom stereocenters. The number of rotatable bonds is 2. The molecular weight excluding hydrogens is 238 g/mol. The molecule has 4 heteroatoms. The lowest BCUT2D eigenvalue weighted by atomic mass is 10.1. The van der Waals surface area contributed by atoms with Crippen molar-refractivity contribution < 1.29 is 5.11 Å². The predicted molar refractivity (Wildman–Crippen MR) is 76.4 cm³/mol. The van der Waals surface area contributed by atoms with Gasteiger partial charge in [0.1, 0.15) is 5.82 Å². The van der Waals surface area contributed by atoms with Crippen molar-refractivity contribution in [3.8, 4) is 0 Å². The van der Waals surface area contributed by atoms with Crippen LogP contribution in [0.1, 0.15) is 37.0 Å². The van der Waals surface area contributed by atoms with Crippen LogP contribution in [0.5, 0.6) is 0 Å². The van der Waals surface area contributed by atoms with Gasteiger partial charge in [-0.05, 0) is 38.3 Å². The molecule has 1 unspecified atom stereocenters. The fourth-order valence-corrected chi connectivity index (χ4v) is 2.70. The topological polar surface area (TPSA) is 49.3 Å². The minimum Gasteiger partial charge on any atom is -0.389 e. The van der Waals surface area contributed by atoms with Crippen molar-refractivity contribution in [2.45, 2.75) is 32.8 Å². The molecule has 0 amide bonds. The van der Waals surface area contributed by atoms with E-state index in [2.05, 4.69) is 9.88 Å². The first kappa shape index (κ1) is 12.4. The van der Waals surface area contributed by atoms with E-state index in [1.807, 2.05) is 25.3 Å². The highest BCUT2D eigenvalue weighted by Crippen LogP contribution is 2.26. The van der Waals surface area contributed by atoms with Crippen LogP contribution in [0.3, 0.4) is 0 Å². The number of aryl methyl sites for hydroxylation is 1. The number of hydrogen-bond donors (Lipinski definition) is 1. The van der Waals surface area contributed by atoms with Gasteiger partial charge >= 0.3 is 0 Å². The zero-order valence-corrected chi connectivity index (χ0v) is 11.4. The van der Waals surface area contributed by atoms with Gasteiger partial charge in [0.2, 0.25) is 0 Å². The maximum absolute atomic E-state index is 9.85. The smallest absolute Gasteiger partial charge is 0.147 e. The Labute approximate surface area is 113 Å². The van der Waals surface area contributed by atoms with Crippen LogP contribution in [0.25, 0.3) is 11.0 Å². The molecule has 4 nitrogen and oxygen atoms in total. The maximum Gasteiger partial charge on any atom is 0.147 e. The summed E-state index contributed by atoms with van der Waals surface area (Å²) >= 11 is 0. The van der Waals surface area contributed by atoms with E-state index in [1.54, 1.807) is 6.92 Å². The van der Waals surface area contributed by atoms with Crippen LogP contribution in [0.15, 0.2) is 18.3 Å². The summed E-state index contributed by atoms with van der Waals surface area (Å²) in [5.41, 5.74) is 3.65. The zero-order valence-electron chi connectivity index (χ0n) is 11.4. The average Bonchev–Trinajstić information content (AvgIpc) is 2.90. The van der Waals surface area contributed by atoms with Gasteiger partial charge < -0.3 is 10.0 Å². The lowest BCUT2D eigenvalue weighted by Crippen LogP contribution is -2.19. The average molecular weight is 257 g/mol. The van der Waals surface area contributed by atoms with Crippen molar-refractivity contribution in [3.05, 3.63) is 29.5 Å². The standard InChI is InChI=1S/C15H19N3O/c1-10-7-12(11(2)19)15-13(8-10)17-14(9-16-15)18-5-3-4-6-18/h7-9,11,19H,3-6H2,1-2H3. The van der Waals surface area contributed by atoms with Crippen LogP contribution >= 0.6 is 0 Å². The molecule has 3 rings (SSSR count). The third-order valence-electron chi connectivity index (χ3n) is 3.69. The Morgan fingerprint density at radius 3 is 2.68 bits per heavy atom. The minimum absolute atomic E-state index is 0.519. The highest BCUT2D eigenvalue weighted by Gasteiger charge is 2.16. The van der Waals surface area contributed by atoms with E-state index in [1.165, 1.54) is 12.8 Å². The van der Waals surface area contributed by atoms with Gasteiger partial charge in [0.05, 0.1) is 23.3 Å². The molecule has 1 saturated heterocycles. The number of fused-ring (bicyclic) bond motifs is 1. The molecule has 1 aromatic heterocycles. The van der Waals surface area contributed by atoms with Crippen molar-refractivity contribution in [2.75, 3.05) is 18.0 Å². The number of hydrogen-bond acceptors (Lipinski definition) is 4. The highest BCUT2D eigenvalue weighted by molar-refractivity contribution is 5.80. The summed E-state index contributed by atoms with van der Waals surface area (Å²) in [4.78, 5) is 11.5. The monoisotopic (exact) mass is 257 g/mol. The van der Waals surface area contributed by atoms with Crippen molar-refractivity contribution >= 4 is 16.9 Å². The van der Waals surface area contributed by atoms with Crippen LogP contribution < -0.4 is 4.90 Å². The summed E-state index contributed by atoms with van der Waals surface area (Å²) < 4.78 is 0. The normalized spacial score (nSPS) is 17.1. The number of anilines is 1. The molecule has 100 valence electrons. The van der Waals surface area contributed by atoms with Crippen molar-refractivity contribution in [2.24, 2.45) is 0 Å². The van der Waals surface area contributed by atoms with E-state index in [0.717, 1.165) is 41.1 Å². The number of aromatic nitrogens is 2. The van der Waals surface area contributed by atoms with E-state index >= 15 is 0 Å². The first-order valence-electron chi connectivity index (χ1n) is 6.85. The van der Waals surface area contributed by atoms with Gasteiger partial charge in [-0.15, -0.1) is 0 Å². The summed E-state index contributed by atoms with van der Waals surface area (Å²) in [5, 5.41) is 9.85. The van der Waals surface area contributed by atoms with E-state index in [4.69, 9.17) is 4.98 Å². The molecule has 0 radical (unpaired) electrons. The number of nitrogens with zero attached hydrogens (tertiary/aromatic N) is 3. The van der Waals surface area contributed by atoms with Gasteiger partial charge in [-0.2, -0.15) is 0 Å². The molecule has 19 heavy (non-hydrogen) atoms. The molecule has 0 spiro atoms. The van der Waals surface area contributed by atoms with Gasteiger partial charge in [0.15, 0.2) is 0 Å². The van der Waals surface area contributed by atoms with E-state index in [-0.39, 0.29) is 0 Å². The minimum atomic E-state index is -0.519. The van der Waals surface area contributed by atoms with Crippen LogP contribution in [0.4, 0.5) is 5.82 Å². The van der Waals surface area contributed by atoms with E-state index in [9.17, 15) is 5.11 Å². The molecule has 0 aliphatic carbocycles. The van der Waals surface area contributed by atoms with Gasteiger partial charge in [0, 0.05) is 18.7 Å². The molecular formula is C15H19N3O. The predicted octanol–water partition coefficient (Wildman–Crippen LogP) is 2.59. The Kier molecular flexibility index (Phi) is 3.11. The van der Waals surface area contributed by atoms with E-state index < -0.39 is 6.10 Å². The van der Waals surface area contributed by atoms with Crippen LogP contribution in [0, 0.1) is 6.92 Å². The Balaban J connectivity index is 2.12. The first-order chi connectivity index (χ1) is 9.15. The second-order valence-corrected chi connectivity index (χ2v) is 5.32. The lowest BCUT2D eigenvalue weighted by molar-refractivity contribution is 0.200.